The van der Waals surface area contributed by atoms with Gasteiger partial charge in [0.2, 0.25) is 0 Å². The molecule has 0 aliphatic carbocycles. The number of hydrogen-bond donors (Lipinski definition) is 0. The molecule has 0 amide bonds. The normalized spacial score (nSPS) is 17.8. The van der Waals surface area contributed by atoms with Crippen molar-refractivity contribution in [3.63, 3.8) is 0 Å². The number of rotatable bonds is 4. The molecule has 4 rings (SSSR count). The van der Waals surface area contributed by atoms with Crippen LogP contribution < -0.4 is 4.90 Å². The van der Waals surface area contributed by atoms with Crippen molar-refractivity contribution in [3.05, 3.63) is 59.2 Å². The molecule has 2 aromatic heterocycles. The molecule has 10 heteroatoms. The minimum atomic E-state index is -3.04. The minimum Gasteiger partial charge on any atom is -0.462 e. The third-order valence-corrected chi connectivity index (χ3v) is 4.85. The standard InChI is InChI=1S/C20H16F3N5O2/c1-2-30-19(29)15-10-25-28-4-3-17(26-18(15)28)27-11-20(22,23)8-16(27)13-5-12(9-24)6-14(21)7-13/h3-7,10,16H,2,8,11H2,1H3. The molecule has 7 nitrogen and oxygen atoms in total. The number of benzene rings is 1. The van der Waals surface area contributed by atoms with Crippen LogP contribution in [0, 0.1) is 17.1 Å². The fourth-order valence-corrected chi connectivity index (χ4v) is 3.60. The van der Waals surface area contributed by atoms with Crippen molar-refractivity contribution in [2.45, 2.75) is 25.3 Å². The quantitative estimate of drug-likeness (QED) is 0.607. The van der Waals surface area contributed by atoms with Crippen LogP contribution in [0.25, 0.3) is 5.65 Å². The first-order valence-corrected chi connectivity index (χ1v) is 9.18. The molecule has 1 aliphatic heterocycles. The summed E-state index contributed by atoms with van der Waals surface area (Å²) in [5, 5.41) is 13.1. The zero-order chi connectivity index (χ0) is 21.5. The van der Waals surface area contributed by atoms with E-state index in [0.717, 1.165) is 12.1 Å². The summed E-state index contributed by atoms with van der Waals surface area (Å²) in [6.45, 7) is 1.19. The van der Waals surface area contributed by atoms with E-state index in [2.05, 4.69) is 10.1 Å². The highest BCUT2D eigenvalue weighted by atomic mass is 19.3. The number of fused-ring (bicyclic) bond motifs is 1. The Bertz CT molecular complexity index is 1170. The predicted octanol–water partition coefficient (Wildman–Crippen LogP) is 3.50. The SMILES string of the molecule is CCOC(=O)c1cnn2ccc(N3CC(F)(F)CC3c3cc(F)cc(C#N)c3)nc12. The lowest BCUT2D eigenvalue weighted by Crippen LogP contribution is -2.27. The molecule has 0 saturated carbocycles. The van der Waals surface area contributed by atoms with Crippen LogP contribution >= 0.6 is 0 Å². The molecular formula is C20H16F3N5O2. The Kier molecular flexibility index (Phi) is 4.81. The Labute approximate surface area is 169 Å². The number of aromatic nitrogens is 3. The number of hydrogen-bond acceptors (Lipinski definition) is 6. The van der Waals surface area contributed by atoms with Gasteiger partial charge in [-0.15, -0.1) is 0 Å². The van der Waals surface area contributed by atoms with Gasteiger partial charge in [0.25, 0.3) is 5.92 Å². The van der Waals surface area contributed by atoms with Crippen LogP contribution in [0.5, 0.6) is 0 Å². The van der Waals surface area contributed by atoms with Gasteiger partial charge in [0.15, 0.2) is 5.65 Å². The van der Waals surface area contributed by atoms with E-state index in [1.165, 1.54) is 33.9 Å². The van der Waals surface area contributed by atoms with Crippen LogP contribution in [0.1, 0.15) is 40.9 Å². The van der Waals surface area contributed by atoms with Gasteiger partial charge in [-0.05, 0) is 36.8 Å². The van der Waals surface area contributed by atoms with Gasteiger partial charge >= 0.3 is 5.97 Å². The molecule has 1 aliphatic rings. The fraction of sp³-hybridized carbons (Fsp3) is 0.300. The maximum atomic E-state index is 14.3. The van der Waals surface area contributed by atoms with Gasteiger partial charge in [0, 0.05) is 12.6 Å². The average molecular weight is 415 g/mol. The molecule has 0 bridgehead atoms. The average Bonchev–Trinajstić information content (AvgIpc) is 3.27. The molecule has 0 spiro atoms. The second-order valence-corrected chi connectivity index (χ2v) is 6.92. The number of carbonyl (C=O) groups is 1. The number of halogens is 3. The number of esters is 1. The summed E-state index contributed by atoms with van der Waals surface area (Å²) in [6.07, 6.45) is 2.24. The number of alkyl halides is 2. The monoisotopic (exact) mass is 415 g/mol. The van der Waals surface area contributed by atoms with Crippen molar-refractivity contribution in [2.75, 3.05) is 18.1 Å². The first-order chi connectivity index (χ1) is 14.3. The molecular weight excluding hydrogens is 399 g/mol. The smallest absolute Gasteiger partial charge is 0.343 e. The molecule has 3 aromatic rings. The third-order valence-electron chi connectivity index (χ3n) is 4.85. The van der Waals surface area contributed by atoms with E-state index in [-0.39, 0.29) is 34.8 Å². The van der Waals surface area contributed by atoms with Crippen LogP contribution in [0.4, 0.5) is 19.0 Å². The van der Waals surface area contributed by atoms with E-state index in [9.17, 15) is 18.0 Å². The summed E-state index contributed by atoms with van der Waals surface area (Å²) in [6, 6.07) is 6.01. The summed E-state index contributed by atoms with van der Waals surface area (Å²) < 4.78 is 48.9. The van der Waals surface area contributed by atoms with Gasteiger partial charge in [-0.2, -0.15) is 10.4 Å². The molecule has 30 heavy (non-hydrogen) atoms. The molecule has 3 heterocycles. The largest absolute Gasteiger partial charge is 0.462 e. The van der Waals surface area contributed by atoms with E-state index in [1.54, 1.807) is 6.92 Å². The second-order valence-electron chi connectivity index (χ2n) is 6.92. The molecule has 1 saturated heterocycles. The van der Waals surface area contributed by atoms with Crippen LogP contribution in [0.15, 0.2) is 36.7 Å². The molecule has 154 valence electrons. The first-order valence-electron chi connectivity index (χ1n) is 9.18. The highest BCUT2D eigenvalue weighted by molar-refractivity contribution is 5.95. The van der Waals surface area contributed by atoms with E-state index >= 15 is 0 Å². The summed E-state index contributed by atoms with van der Waals surface area (Å²) in [4.78, 5) is 17.8. The molecule has 1 fully saturated rings. The Morgan fingerprint density at radius 2 is 2.20 bits per heavy atom. The maximum absolute atomic E-state index is 14.3. The summed E-state index contributed by atoms with van der Waals surface area (Å²) >= 11 is 0. The third kappa shape index (κ3) is 3.54. The molecule has 1 atom stereocenters. The van der Waals surface area contributed by atoms with Crippen molar-refractivity contribution in [1.29, 1.82) is 5.26 Å². The summed E-state index contributed by atoms with van der Waals surface area (Å²) in [5.74, 6) is -4.16. The predicted molar refractivity (Wildman–Crippen MR) is 99.7 cm³/mol. The van der Waals surface area contributed by atoms with Crippen molar-refractivity contribution < 1.29 is 22.7 Å². The van der Waals surface area contributed by atoms with Gasteiger partial charge in [-0.1, -0.05) is 0 Å². The van der Waals surface area contributed by atoms with Gasteiger partial charge in [0.1, 0.15) is 17.2 Å². The summed E-state index contributed by atoms with van der Waals surface area (Å²) in [7, 11) is 0. The van der Waals surface area contributed by atoms with Crippen LogP contribution in [0.2, 0.25) is 0 Å². The maximum Gasteiger partial charge on any atom is 0.343 e. The van der Waals surface area contributed by atoms with Crippen LogP contribution in [-0.2, 0) is 4.74 Å². The zero-order valence-electron chi connectivity index (χ0n) is 15.8. The van der Waals surface area contributed by atoms with Gasteiger partial charge in [-0.25, -0.2) is 27.5 Å². The molecule has 1 aromatic carbocycles. The summed E-state index contributed by atoms with van der Waals surface area (Å²) in [5.41, 5.74) is 0.573. The molecule has 1 unspecified atom stereocenters. The van der Waals surface area contributed by atoms with Gasteiger partial charge < -0.3 is 9.64 Å². The lowest BCUT2D eigenvalue weighted by atomic mass is 10.0. The lowest BCUT2D eigenvalue weighted by Gasteiger charge is -2.25. The zero-order valence-corrected chi connectivity index (χ0v) is 15.8. The van der Waals surface area contributed by atoms with E-state index in [0.29, 0.717) is 0 Å². The van der Waals surface area contributed by atoms with Crippen LogP contribution in [0.3, 0.4) is 0 Å². The first kappa shape index (κ1) is 19.7. The molecule has 0 radical (unpaired) electrons. The second kappa shape index (κ2) is 7.33. The number of nitriles is 1. The van der Waals surface area contributed by atoms with Crippen molar-refractivity contribution in [2.24, 2.45) is 0 Å². The van der Waals surface area contributed by atoms with Gasteiger partial charge in [0.05, 0.1) is 37.0 Å². The van der Waals surface area contributed by atoms with Crippen molar-refractivity contribution in [1.82, 2.24) is 14.6 Å². The van der Waals surface area contributed by atoms with Crippen LogP contribution in [-0.4, -0.2) is 39.6 Å². The molecule has 0 N–H and O–H groups in total. The highest BCUT2D eigenvalue weighted by Crippen LogP contribution is 2.43. The Balaban J connectivity index is 1.78. The van der Waals surface area contributed by atoms with Gasteiger partial charge in [-0.3, -0.25) is 0 Å². The number of carbonyl (C=O) groups excluding carboxylic acids is 1. The fourth-order valence-electron chi connectivity index (χ4n) is 3.60. The minimum absolute atomic E-state index is 0.0453. The lowest BCUT2D eigenvalue weighted by molar-refractivity contribution is 0.0222. The number of ether oxygens (including phenoxy) is 1. The Morgan fingerprint density at radius 3 is 2.93 bits per heavy atom. The van der Waals surface area contributed by atoms with E-state index in [4.69, 9.17) is 10.00 Å². The van der Waals surface area contributed by atoms with Crippen molar-refractivity contribution >= 4 is 17.4 Å². The number of anilines is 1. The topological polar surface area (TPSA) is 83.5 Å². The Hall–Kier alpha value is -3.61. The highest BCUT2D eigenvalue weighted by Gasteiger charge is 2.46. The van der Waals surface area contributed by atoms with Crippen molar-refractivity contribution in [3.8, 4) is 6.07 Å². The van der Waals surface area contributed by atoms with E-state index in [1.807, 2.05) is 6.07 Å². The Morgan fingerprint density at radius 1 is 1.40 bits per heavy atom. The number of nitrogens with zero attached hydrogens (tertiary/aromatic N) is 5. The van der Waals surface area contributed by atoms with E-state index < -0.39 is 36.7 Å².